The molecule has 3 rings (SSSR count). The van der Waals surface area contributed by atoms with Crippen molar-refractivity contribution >= 4 is 27.5 Å². The number of aromatic nitrogens is 2. The van der Waals surface area contributed by atoms with Crippen LogP contribution in [0.3, 0.4) is 0 Å². The number of thiophene rings is 1. The quantitative estimate of drug-likeness (QED) is 0.874. The molecule has 0 aliphatic heterocycles. The van der Waals surface area contributed by atoms with Gasteiger partial charge in [0.25, 0.3) is 5.56 Å². The average Bonchev–Trinajstić information content (AvgIpc) is 2.84. The fourth-order valence-electron chi connectivity index (χ4n) is 2.92. The number of aryl methyl sites for hydroxylation is 1. The van der Waals surface area contributed by atoms with Gasteiger partial charge in [-0.2, -0.15) is 0 Å². The van der Waals surface area contributed by atoms with E-state index in [1.807, 2.05) is 0 Å². The highest BCUT2D eigenvalue weighted by Crippen LogP contribution is 2.35. The molecule has 0 radical (unpaired) electrons. The molecule has 23 heavy (non-hydrogen) atoms. The SMILES string of the molecule is CC(C)C(=O)O[C@@H](C)c1nc2sc3c(c2c(=O)[nH]1)CC[C@@H](C)C3. The molecule has 1 N–H and O–H groups in total. The Morgan fingerprint density at radius 2 is 2.13 bits per heavy atom. The molecule has 0 saturated heterocycles. The lowest BCUT2D eigenvalue weighted by molar-refractivity contribution is -0.152. The number of fused-ring (bicyclic) bond motifs is 3. The molecule has 2 atom stereocenters. The largest absolute Gasteiger partial charge is 0.454 e. The highest BCUT2D eigenvalue weighted by molar-refractivity contribution is 7.18. The Kier molecular flexibility index (Phi) is 4.27. The van der Waals surface area contributed by atoms with Gasteiger partial charge in [-0.05, 0) is 37.7 Å². The molecule has 2 heterocycles. The summed E-state index contributed by atoms with van der Waals surface area (Å²) in [6.45, 7) is 7.54. The predicted octanol–water partition coefficient (Wildman–Crippen LogP) is 3.37. The van der Waals surface area contributed by atoms with Crippen molar-refractivity contribution < 1.29 is 9.53 Å². The van der Waals surface area contributed by atoms with Gasteiger partial charge in [0, 0.05) is 4.88 Å². The summed E-state index contributed by atoms with van der Waals surface area (Å²) >= 11 is 1.60. The van der Waals surface area contributed by atoms with Crippen LogP contribution < -0.4 is 5.56 Å². The summed E-state index contributed by atoms with van der Waals surface area (Å²) < 4.78 is 5.35. The zero-order valence-corrected chi connectivity index (χ0v) is 14.8. The number of ether oxygens (including phenoxy) is 1. The van der Waals surface area contributed by atoms with Gasteiger partial charge in [0.05, 0.1) is 11.3 Å². The fourth-order valence-corrected chi connectivity index (χ4v) is 4.31. The summed E-state index contributed by atoms with van der Waals surface area (Å²) in [4.78, 5) is 33.6. The van der Waals surface area contributed by atoms with Crippen molar-refractivity contribution in [3.8, 4) is 0 Å². The first kappa shape index (κ1) is 16.2. The summed E-state index contributed by atoms with van der Waals surface area (Å²) in [6, 6.07) is 0. The van der Waals surface area contributed by atoms with E-state index in [2.05, 4.69) is 16.9 Å². The molecule has 1 aliphatic rings. The summed E-state index contributed by atoms with van der Waals surface area (Å²) in [7, 11) is 0. The maximum absolute atomic E-state index is 12.5. The van der Waals surface area contributed by atoms with Gasteiger partial charge in [0.2, 0.25) is 0 Å². The molecule has 0 fully saturated rings. The molecule has 124 valence electrons. The Morgan fingerprint density at radius 3 is 2.83 bits per heavy atom. The van der Waals surface area contributed by atoms with Crippen LogP contribution in [0.5, 0.6) is 0 Å². The number of esters is 1. The Labute approximate surface area is 139 Å². The van der Waals surface area contributed by atoms with Crippen LogP contribution in [0, 0.1) is 11.8 Å². The Morgan fingerprint density at radius 1 is 1.39 bits per heavy atom. The number of nitrogens with zero attached hydrogens (tertiary/aromatic N) is 1. The molecule has 1 aliphatic carbocycles. The Hall–Kier alpha value is -1.69. The summed E-state index contributed by atoms with van der Waals surface area (Å²) in [5, 5.41) is 0.725. The molecular formula is C17H22N2O3S. The lowest BCUT2D eigenvalue weighted by Crippen LogP contribution is -2.19. The van der Waals surface area contributed by atoms with E-state index in [0.29, 0.717) is 11.7 Å². The predicted molar refractivity (Wildman–Crippen MR) is 90.8 cm³/mol. The first-order chi connectivity index (χ1) is 10.9. The van der Waals surface area contributed by atoms with Crippen LogP contribution in [0.4, 0.5) is 0 Å². The third kappa shape index (κ3) is 3.04. The molecule has 0 aromatic carbocycles. The van der Waals surface area contributed by atoms with E-state index in [1.165, 1.54) is 4.88 Å². The lowest BCUT2D eigenvalue weighted by Gasteiger charge is -2.17. The smallest absolute Gasteiger partial charge is 0.309 e. The first-order valence-corrected chi connectivity index (χ1v) is 8.93. The third-order valence-corrected chi connectivity index (χ3v) is 5.48. The van der Waals surface area contributed by atoms with E-state index in [0.717, 1.165) is 35.0 Å². The second-order valence-corrected chi connectivity index (χ2v) is 7.80. The summed E-state index contributed by atoms with van der Waals surface area (Å²) in [5.74, 6) is 0.575. The van der Waals surface area contributed by atoms with E-state index in [1.54, 1.807) is 32.1 Å². The number of nitrogens with one attached hydrogen (secondary N) is 1. The molecule has 5 nitrogen and oxygen atoms in total. The number of aromatic amines is 1. The van der Waals surface area contributed by atoms with Crippen molar-refractivity contribution in [3.05, 3.63) is 26.6 Å². The topological polar surface area (TPSA) is 72.0 Å². The van der Waals surface area contributed by atoms with Crippen LogP contribution in [-0.4, -0.2) is 15.9 Å². The molecule has 0 bridgehead atoms. The Bertz CT molecular complexity index is 806. The third-order valence-electron chi connectivity index (χ3n) is 4.33. The van der Waals surface area contributed by atoms with E-state index in [9.17, 15) is 9.59 Å². The van der Waals surface area contributed by atoms with Crippen LogP contribution in [-0.2, 0) is 22.4 Å². The zero-order chi connectivity index (χ0) is 16.7. The zero-order valence-electron chi connectivity index (χ0n) is 13.9. The minimum atomic E-state index is -0.556. The number of H-pyrrole nitrogens is 1. The molecule has 0 amide bonds. The van der Waals surface area contributed by atoms with Gasteiger partial charge in [-0.3, -0.25) is 9.59 Å². The van der Waals surface area contributed by atoms with Crippen LogP contribution in [0.1, 0.15) is 56.5 Å². The lowest BCUT2D eigenvalue weighted by atomic mass is 9.89. The standard InChI is InChI=1S/C17H22N2O3S/c1-8(2)17(21)22-10(4)14-18-15(20)13-11-6-5-9(3)7-12(11)23-16(13)19-14/h8-10H,5-7H2,1-4H3,(H,18,19,20)/t9-,10+/m1/s1. The van der Waals surface area contributed by atoms with Crippen molar-refractivity contribution in [3.63, 3.8) is 0 Å². The van der Waals surface area contributed by atoms with Gasteiger partial charge in [0.15, 0.2) is 11.9 Å². The number of hydrogen-bond acceptors (Lipinski definition) is 5. The average molecular weight is 334 g/mol. The second kappa shape index (κ2) is 6.07. The van der Waals surface area contributed by atoms with Crippen molar-refractivity contribution in [2.75, 3.05) is 0 Å². The molecule has 0 spiro atoms. The number of hydrogen-bond donors (Lipinski definition) is 1. The molecule has 2 aromatic rings. The van der Waals surface area contributed by atoms with Gasteiger partial charge in [-0.25, -0.2) is 4.98 Å². The van der Waals surface area contributed by atoms with Crippen molar-refractivity contribution in [2.24, 2.45) is 11.8 Å². The van der Waals surface area contributed by atoms with Crippen molar-refractivity contribution in [1.82, 2.24) is 9.97 Å². The minimum absolute atomic E-state index is 0.121. The van der Waals surface area contributed by atoms with E-state index in [4.69, 9.17) is 4.74 Å². The molecular weight excluding hydrogens is 312 g/mol. The Balaban J connectivity index is 1.99. The monoisotopic (exact) mass is 334 g/mol. The van der Waals surface area contributed by atoms with Gasteiger partial charge >= 0.3 is 5.97 Å². The highest BCUT2D eigenvalue weighted by Gasteiger charge is 2.24. The maximum Gasteiger partial charge on any atom is 0.309 e. The fraction of sp³-hybridized carbons (Fsp3) is 0.588. The van der Waals surface area contributed by atoms with E-state index < -0.39 is 6.10 Å². The van der Waals surface area contributed by atoms with Crippen LogP contribution in [0.2, 0.25) is 0 Å². The van der Waals surface area contributed by atoms with Gasteiger partial charge in [0.1, 0.15) is 4.83 Å². The van der Waals surface area contributed by atoms with Gasteiger partial charge in [-0.15, -0.1) is 11.3 Å². The van der Waals surface area contributed by atoms with Gasteiger partial charge < -0.3 is 9.72 Å². The molecule has 0 saturated carbocycles. The number of carbonyl (C=O) groups is 1. The highest BCUT2D eigenvalue weighted by atomic mass is 32.1. The molecule has 0 unspecified atom stereocenters. The normalized spacial score (nSPS) is 18.9. The van der Waals surface area contributed by atoms with Crippen LogP contribution in [0.15, 0.2) is 4.79 Å². The van der Waals surface area contributed by atoms with Crippen molar-refractivity contribution in [2.45, 2.75) is 53.1 Å². The number of rotatable bonds is 3. The molecule has 6 heteroatoms. The minimum Gasteiger partial charge on any atom is -0.454 e. The summed E-state index contributed by atoms with van der Waals surface area (Å²) in [6.07, 6.45) is 2.52. The number of carbonyl (C=O) groups excluding carboxylic acids is 1. The second-order valence-electron chi connectivity index (χ2n) is 6.72. The van der Waals surface area contributed by atoms with Gasteiger partial charge in [-0.1, -0.05) is 20.8 Å². The van der Waals surface area contributed by atoms with E-state index >= 15 is 0 Å². The first-order valence-electron chi connectivity index (χ1n) is 8.11. The van der Waals surface area contributed by atoms with Crippen molar-refractivity contribution in [1.29, 1.82) is 0 Å². The van der Waals surface area contributed by atoms with Crippen LogP contribution >= 0.6 is 11.3 Å². The van der Waals surface area contributed by atoms with E-state index in [-0.39, 0.29) is 17.4 Å². The van der Waals surface area contributed by atoms with Crippen LogP contribution in [0.25, 0.3) is 10.2 Å². The summed E-state index contributed by atoms with van der Waals surface area (Å²) in [5.41, 5.74) is 1.04. The molecule has 2 aromatic heterocycles. The maximum atomic E-state index is 12.5.